The Morgan fingerprint density at radius 3 is 2.93 bits per heavy atom. The smallest absolute Gasteiger partial charge is 0.237 e. The molecule has 2 atom stereocenters. The fourth-order valence-electron chi connectivity index (χ4n) is 1.69. The van der Waals surface area contributed by atoms with Crippen LogP contribution in [-0.2, 0) is 14.3 Å². The fourth-order valence-corrected chi connectivity index (χ4v) is 1.69. The van der Waals surface area contributed by atoms with Gasteiger partial charge < -0.3 is 14.8 Å². The van der Waals surface area contributed by atoms with Crippen LogP contribution < -0.4 is 5.32 Å². The lowest BCUT2D eigenvalue weighted by Gasteiger charge is -2.17. The monoisotopic (exact) mass is 200 g/mol. The van der Waals surface area contributed by atoms with E-state index in [-0.39, 0.29) is 24.6 Å². The summed E-state index contributed by atoms with van der Waals surface area (Å²) in [5.41, 5.74) is 0. The van der Waals surface area contributed by atoms with Gasteiger partial charge in [-0.25, -0.2) is 0 Å². The van der Waals surface area contributed by atoms with Crippen LogP contribution in [0.1, 0.15) is 6.42 Å². The zero-order chi connectivity index (χ0) is 10.6. The highest BCUT2D eigenvalue weighted by Crippen LogP contribution is 2.17. The van der Waals surface area contributed by atoms with Crippen molar-refractivity contribution in [2.45, 2.75) is 18.6 Å². The van der Waals surface area contributed by atoms with Crippen molar-refractivity contribution in [3.05, 3.63) is 0 Å². The maximum Gasteiger partial charge on any atom is 0.237 e. The van der Waals surface area contributed by atoms with Crippen LogP contribution in [0, 0.1) is 0 Å². The van der Waals surface area contributed by atoms with E-state index in [1.165, 1.54) is 0 Å². The number of methoxy groups -OCH3 is 1. The second-order valence-corrected chi connectivity index (χ2v) is 3.46. The van der Waals surface area contributed by atoms with Gasteiger partial charge in [-0.1, -0.05) is 0 Å². The van der Waals surface area contributed by atoms with Crippen LogP contribution in [0.5, 0.6) is 0 Å². The van der Waals surface area contributed by atoms with Gasteiger partial charge in [0.1, 0.15) is 6.29 Å². The number of ether oxygens (including phenoxy) is 1. The Labute approximate surface area is 83.4 Å². The van der Waals surface area contributed by atoms with Crippen molar-refractivity contribution in [3.63, 3.8) is 0 Å². The van der Waals surface area contributed by atoms with E-state index in [1.54, 1.807) is 7.11 Å². The number of nitrogens with zero attached hydrogens (tertiary/aromatic N) is 1. The highest BCUT2D eigenvalue weighted by molar-refractivity contribution is 5.83. The van der Waals surface area contributed by atoms with Gasteiger partial charge in [0.2, 0.25) is 5.91 Å². The number of carbonyl (C=O) groups excluding carboxylic acids is 2. The predicted octanol–water partition coefficient (Wildman–Crippen LogP) is -0.979. The van der Waals surface area contributed by atoms with Crippen LogP contribution in [0.4, 0.5) is 0 Å². The molecular weight excluding hydrogens is 184 g/mol. The quantitative estimate of drug-likeness (QED) is 0.593. The van der Waals surface area contributed by atoms with Crippen molar-refractivity contribution in [1.29, 1.82) is 0 Å². The molecule has 0 aromatic carbocycles. The number of hydrogen-bond acceptors (Lipinski definition) is 4. The number of aldehydes is 1. The molecule has 1 heterocycles. The largest absolute Gasteiger partial charge is 0.380 e. The molecule has 0 aromatic heterocycles. The number of nitrogens with one attached hydrogen (secondary N) is 1. The number of likely N-dealkylation sites (tertiary alicyclic amines) is 1. The molecule has 1 amide bonds. The lowest BCUT2D eigenvalue weighted by Crippen LogP contribution is -2.41. The molecule has 1 rings (SSSR count). The van der Waals surface area contributed by atoms with Crippen LogP contribution in [0.25, 0.3) is 0 Å². The molecule has 80 valence electrons. The third-order valence-corrected chi connectivity index (χ3v) is 2.51. The SMILES string of the molecule is COC1C[C@@H](C(=O)NCC=O)N(C)C1. The number of amides is 1. The lowest BCUT2D eigenvalue weighted by atomic mass is 10.2. The molecule has 0 aromatic rings. The molecule has 1 aliphatic rings. The van der Waals surface area contributed by atoms with Gasteiger partial charge in [0, 0.05) is 13.7 Å². The number of carbonyl (C=O) groups is 2. The summed E-state index contributed by atoms with van der Waals surface area (Å²) in [5, 5.41) is 2.55. The first kappa shape index (κ1) is 11.1. The second kappa shape index (κ2) is 5.07. The van der Waals surface area contributed by atoms with E-state index in [9.17, 15) is 9.59 Å². The molecule has 5 heteroatoms. The van der Waals surface area contributed by atoms with Crippen molar-refractivity contribution < 1.29 is 14.3 Å². The average Bonchev–Trinajstić information content (AvgIpc) is 2.56. The topological polar surface area (TPSA) is 58.6 Å². The summed E-state index contributed by atoms with van der Waals surface area (Å²) in [7, 11) is 3.52. The first-order valence-corrected chi connectivity index (χ1v) is 4.63. The second-order valence-electron chi connectivity index (χ2n) is 3.46. The normalized spacial score (nSPS) is 27.6. The maximum absolute atomic E-state index is 11.5. The molecule has 14 heavy (non-hydrogen) atoms. The Balaban J connectivity index is 2.43. The standard InChI is InChI=1S/C9H16N2O3/c1-11-6-7(14-2)5-8(11)9(13)10-3-4-12/h4,7-8H,3,5-6H2,1-2H3,(H,10,13)/t7?,8-/m0/s1. The molecule has 0 saturated carbocycles. The Morgan fingerprint density at radius 2 is 2.43 bits per heavy atom. The van der Waals surface area contributed by atoms with Crippen LogP contribution in [0.2, 0.25) is 0 Å². The van der Waals surface area contributed by atoms with Gasteiger partial charge in [0.15, 0.2) is 0 Å². The highest BCUT2D eigenvalue weighted by atomic mass is 16.5. The van der Waals surface area contributed by atoms with Crippen LogP contribution >= 0.6 is 0 Å². The first-order chi connectivity index (χ1) is 6.69. The summed E-state index contributed by atoms with van der Waals surface area (Å²) in [6, 6.07) is -0.167. The summed E-state index contributed by atoms with van der Waals surface area (Å²) in [5.74, 6) is -0.0980. The van der Waals surface area contributed by atoms with Crippen molar-refractivity contribution in [2.75, 3.05) is 27.2 Å². The molecule has 0 aliphatic carbocycles. The van der Waals surface area contributed by atoms with Gasteiger partial charge in [-0.05, 0) is 13.5 Å². The lowest BCUT2D eigenvalue weighted by molar-refractivity contribution is -0.126. The highest BCUT2D eigenvalue weighted by Gasteiger charge is 2.34. The number of hydrogen-bond donors (Lipinski definition) is 1. The van der Waals surface area contributed by atoms with Gasteiger partial charge in [-0.2, -0.15) is 0 Å². The number of likely N-dealkylation sites (N-methyl/N-ethyl adjacent to an activating group) is 1. The van der Waals surface area contributed by atoms with E-state index in [0.29, 0.717) is 12.7 Å². The average molecular weight is 200 g/mol. The van der Waals surface area contributed by atoms with Gasteiger partial charge in [-0.3, -0.25) is 9.69 Å². The maximum atomic E-state index is 11.5. The first-order valence-electron chi connectivity index (χ1n) is 4.63. The van der Waals surface area contributed by atoms with E-state index < -0.39 is 0 Å². The van der Waals surface area contributed by atoms with Crippen molar-refractivity contribution >= 4 is 12.2 Å². The predicted molar refractivity (Wildman–Crippen MR) is 50.9 cm³/mol. The third-order valence-electron chi connectivity index (χ3n) is 2.51. The molecule has 0 spiro atoms. The van der Waals surface area contributed by atoms with E-state index >= 15 is 0 Å². The zero-order valence-corrected chi connectivity index (χ0v) is 8.53. The Hall–Kier alpha value is -0.940. The van der Waals surface area contributed by atoms with Gasteiger partial charge >= 0.3 is 0 Å². The molecule has 1 N–H and O–H groups in total. The Kier molecular flexibility index (Phi) is 4.03. The molecule has 5 nitrogen and oxygen atoms in total. The van der Waals surface area contributed by atoms with Gasteiger partial charge in [0.05, 0.1) is 18.7 Å². The Morgan fingerprint density at radius 1 is 1.71 bits per heavy atom. The fraction of sp³-hybridized carbons (Fsp3) is 0.778. The Bertz CT molecular complexity index is 220. The van der Waals surface area contributed by atoms with E-state index in [4.69, 9.17) is 4.74 Å². The van der Waals surface area contributed by atoms with Crippen LogP contribution in [-0.4, -0.2) is 56.5 Å². The van der Waals surface area contributed by atoms with Crippen molar-refractivity contribution in [3.8, 4) is 0 Å². The summed E-state index contributed by atoms with van der Waals surface area (Å²) in [6.07, 6.45) is 1.49. The molecular formula is C9H16N2O3. The molecule has 0 bridgehead atoms. The summed E-state index contributed by atoms with van der Waals surface area (Å²) in [4.78, 5) is 23.5. The third kappa shape index (κ3) is 2.52. The van der Waals surface area contributed by atoms with Gasteiger partial charge in [-0.15, -0.1) is 0 Å². The molecule has 0 radical (unpaired) electrons. The van der Waals surface area contributed by atoms with Crippen molar-refractivity contribution in [1.82, 2.24) is 10.2 Å². The minimum Gasteiger partial charge on any atom is -0.380 e. The van der Waals surface area contributed by atoms with E-state index in [1.807, 2.05) is 11.9 Å². The minimum absolute atomic E-state index is 0.0841. The molecule has 1 aliphatic heterocycles. The number of rotatable bonds is 4. The minimum atomic E-state index is -0.167. The van der Waals surface area contributed by atoms with Crippen LogP contribution in [0.3, 0.4) is 0 Å². The van der Waals surface area contributed by atoms with E-state index in [2.05, 4.69) is 5.32 Å². The van der Waals surface area contributed by atoms with Crippen molar-refractivity contribution in [2.24, 2.45) is 0 Å². The molecule has 1 unspecified atom stereocenters. The van der Waals surface area contributed by atoms with Gasteiger partial charge in [0.25, 0.3) is 0 Å². The molecule has 1 fully saturated rings. The summed E-state index contributed by atoms with van der Waals surface area (Å²) >= 11 is 0. The zero-order valence-electron chi connectivity index (χ0n) is 8.53. The van der Waals surface area contributed by atoms with E-state index in [0.717, 1.165) is 6.54 Å². The summed E-state index contributed by atoms with van der Waals surface area (Å²) < 4.78 is 5.18. The summed E-state index contributed by atoms with van der Waals surface area (Å²) in [6.45, 7) is 0.844. The van der Waals surface area contributed by atoms with Crippen LogP contribution in [0.15, 0.2) is 0 Å². The molecule has 1 saturated heterocycles.